The van der Waals surface area contributed by atoms with Gasteiger partial charge in [-0.05, 0) is 37.5 Å². The van der Waals surface area contributed by atoms with Crippen molar-refractivity contribution >= 4 is 11.6 Å². The quantitative estimate of drug-likeness (QED) is 0.811. The molecule has 114 valence electrons. The summed E-state index contributed by atoms with van der Waals surface area (Å²) < 4.78 is 10.9. The summed E-state index contributed by atoms with van der Waals surface area (Å²) in [6.45, 7) is 4.14. The number of carbonyl (C=O) groups excluding carboxylic acids is 1. The zero-order valence-corrected chi connectivity index (χ0v) is 12.7. The Morgan fingerprint density at radius 3 is 2.68 bits per heavy atom. The van der Waals surface area contributed by atoms with E-state index < -0.39 is 0 Å². The van der Waals surface area contributed by atoms with Crippen molar-refractivity contribution in [2.24, 2.45) is 0 Å². The second-order valence-electron chi connectivity index (χ2n) is 6.23. The molecule has 1 fully saturated rings. The number of carbonyl (C=O) groups is 1. The first-order valence-corrected chi connectivity index (χ1v) is 7.74. The molecule has 4 rings (SSSR count). The van der Waals surface area contributed by atoms with Gasteiger partial charge in [-0.15, -0.1) is 0 Å². The second-order valence-corrected chi connectivity index (χ2v) is 6.23. The molecule has 1 amide bonds. The Morgan fingerprint density at radius 2 is 1.95 bits per heavy atom. The molecule has 0 unspecified atom stereocenters. The molecule has 4 heteroatoms. The molecule has 0 saturated carbocycles. The van der Waals surface area contributed by atoms with Crippen LogP contribution in [0.15, 0.2) is 41.0 Å². The standard InChI is InChI=1S/C18H19NO3/c1-13-6-9-22-16(13)17(20)19-12-18(7-10-21-11-8-18)14-4-2-3-5-15(14)19/h2-6,9H,7-8,10-12H2,1H3. The van der Waals surface area contributed by atoms with E-state index in [0.717, 1.165) is 37.3 Å². The van der Waals surface area contributed by atoms with Crippen molar-refractivity contribution in [2.45, 2.75) is 25.2 Å². The lowest BCUT2D eigenvalue weighted by atomic mass is 9.76. The molecule has 4 nitrogen and oxygen atoms in total. The van der Waals surface area contributed by atoms with E-state index in [0.29, 0.717) is 12.3 Å². The number of hydrogen-bond acceptors (Lipinski definition) is 3. The molecule has 0 atom stereocenters. The number of furan rings is 1. The normalized spacial score (nSPS) is 19.4. The van der Waals surface area contributed by atoms with Crippen LogP contribution in [-0.4, -0.2) is 25.7 Å². The predicted molar refractivity (Wildman–Crippen MR) is 83.3 cm³/mol. The molecule has 3 heterocycles. The van der Waals surface area contributed by atoms with Crippen molar-refractivity contribution in [1.29, 1.82) is 0 Å². The van der Waals surface area contributed by atoms with Gasteiger partial charge in [0.1, 0.15) is 0 Å². The molecule has 2 aliphatic heterocycles. The van der Waals surface area contributed by atoms with E-state index in [2.05, 4.69) is 12.1 Å². The van der Waals surface area contributed by atoms with Gasteiger partial charge in [0.05, 0.1) is 6.26 Å². The first-order chi connectivity index (χ1) is 10.7. The number of benzene rings is 1. The second kappa shape index (κ2) is 4.99. The van der Waals surface area contributed by atoms with E-state index >= 15 is 0 Å². The van der Waals surface area contributed by atoms with Gasteiger partial charge in [0, 0.05) is 36.4 Å². The molecular weight excluding hydrogens is 278 g/mol. The van der Waals surface area contributed by atoms with Gasteiger partial charge >= 0.3 is 0 Å². The zero-order valence-electron chi connectivity index (χ0n) is 12.7. The van der Waals surface area contributed by atoms with Crippen LogP contribution in [0.3, 0.4) is 0 Å². The van der Waals surface area contributed by atoms with Crippen molar-refractivity contribution in [3.63, 3.8) is 0 Å². The van der Waals surface area contributed by atoms with Crippen LogP contribution in [0.5, 0.6) is 0 Å². The topological polar surface area (TPSA) is 42.7 Å². The highest BCUT2D eigenvalue weighted by molar-refractivity contribution is 6.06. The van der Waals surface area contributed by atoms with Crippen LogP contribution in [-0.2, 0) is 10.2 Å². The number of rotatable bonds is 1. The molecular formula is C18H19NO3. The molecule has 1 aromatic carbocycles. The number of para-hydroxylation sites is 1. The van der Waals surface area contributed by atoms with Crippen LogP contribution in [0.2, 0.25) is 0 Å². The van der Waals surface area contributed by atoms with Crippen molar-refractivity contribution in [1.82, 2.24) is 0 Å². The Morgan fingerprint density at radius 1 is 1.18 bits per heavy atom. The highest BCUT2D eigenvalue weighted by Gasteiger charge is 2.46. The maximum Gasteiger partial charge on any atom is 0.294 e. The van der Waals surface area contributed by atoms with Gasteiger partial charge in [-0.2, -0.15) is 0 Å². The fraction of sp³-hybridized carbons (Fsp3) is 0.389. The minimum atomic E-state index is -0.0432. The van der Waals surface area contributed by atoms with Gasteiger partial charge < -0.3 is 14.1 Å². The first-order valence-electron chi connectivity index (χ1n) is 7.74. The highest BCUT2D eigenvalue weighted by Crippen LogP contribution is 2.47. The molecule has 0 N–H and O–H groups in total. The van der Waals surface area contributed by atoms with Crippen LogP contribution in [0.1, 0.15) is 34.5 Å². The molecule has 0 radical (unpaired) electrons. The lowest BCUT2D eigenvalue weighted by Gasteiger charge is -2.34. The van der Waals surface area contributed by atoms with Crippen LogP contribution < -0.4 is 4.90 Å². The first kappa shape index (κ1) is 13.6. The number of hydrogen-bond donors (Lipinski definition) is 0. The van der Waals surface area contributed by atoms with E-state index in [1.165, 1.54) is 5.56 Å². The van der Waals surface area contributed by atoms with E-state index in [9.17, 15) is 4.79 Å². The summed E-state index contributed by atoms with van der Waals surface area (Å²) in [6, 6.07) is 10.1. The minimum absolute atomic E-state index is 0.0327. The summed E-state index contributed by atoms with van der Waals surface area (Å²) in [5, 5.41) is 0. The minimum Gasteiger partial charge on any atom is -0.459 e. The predicted octanol–water partition coefficient (Wildman–Crippen LogP) is 3.30. The third-order valence-electron chi connectivity index (χ3n) is 4.98. The van der Waals surface area contributed by atoms with Crippen molar-refractivity contribution in [2.75, 3.05) is 24.7 Å². The molecule has 1 spiro atoms. The Labute approximate surface area is 129 Å². The summed E-state index contributed by atoms with van der Waals surface area (Å²) in [5.74, 6) is 0.400. The molecule has 0 bridgehead atoms. The van der Waals surface area contributed by atoms with Gasteiger partial charge in [-0.25, -0.2) is 0 Å². The van der Waals surface area contributed by atoms with Crippen molar-refractivity contribution in [3.05, 3.63) is 53.5 Å². The monoisotopic (exact) mass is 297 g/mol. The third kappa shape index (κ3) is 1.91. The van der Waals surface area contributed by atoms with E-state index in [1.807, 2.05) is 30.0 Å². The Hall–Kier alpha value is -2.07. The lowest BCUT2D eigenvalue weighted by Crippen LogP contribution is -2.40. The SMILES string of the molecule is Cc1ccoc1C(=O)N1CC2(CCOCC2)c2ccccc21. The van der Waals surface area contributed by atoms with Gasteiger partial charge in [0.2, 0.25) is 0 Å². The molecule has 0 aliphatic carbocycles. The molecule has 2 aliphatic rings. The Kier molecular flexibility index (Phi) is 3.08. The van der Waals surface area contributed by atoms with Crippen LogP contribution in [0.4, 0.5) is 5.69 Å². The summed E-state index contributed by atoms with van der Waals surface area (Å²) in [6.07, 6.45) is 3.50. The van der Waals surface area contributed by atoms with Crippen LogP contribution in [0, 0.1) is 6.92 Å². The molecule has 2 aromatic rings. The summed E-state index contributed by atoms with van der Waals surface area (Å²) in [4.78, 5) is 14.8. The molecule has 1 aromatic heterocycles. The summed E-state index contributed by atoms with van der Waals surface area (Å²) >= 11 is 0. The fourth-order valence-electron chi connectivity index (χ4n) is 3.72. The zero-order chi connectivity index (χ0) is 15.2. The number of anilines is 1. The van der Waals surface area contributed by atoms with Crippen molar-refractivity contribution < 1.29 is 13.9 Å². The van der Waals surface area contributed by atoms with Gasteiger partial charge in [-0.3, -0.25) is 4.79 Å². The maximum absolute atomic E-state index is 12.9. The molecule has 22 heavy (non-hydrogen) atoms. The summed E-state index contributed by atoms with van der Waals surface area (Å²) in [7, 11) is 0. The van der Waals surface area contributed by atoms with Crippen LogP contribution in [0.25, 0.3) is 0 Å². The van der Waals surface area contributed by atoms with Gasteiger partial charge in [0.25, 0.3) is 5.91 Å². The highest BCUT2D eigenvalue weighted by atomic mass is 16.5. The largest absolute Gasteiger partial charge is 0.459 e. The van der Waals surface area contributed by atoms with E-state index in [4.69, 9.17) is 9.15 Å². The van der Waals surface area contributed by atoms with Crippen LogP contribution >= 0.6 is 0 Å². The number of nitrogens with zero attached hydrogens (tertiary/aromatic N) is 1. The average Bonchev–Trinajstić information content (AvgIpc) is 3.11. The number of fused-ring (bicyclic) bond motifs is 2. The number of aryl methyl sites for hydroxylation is 1. The summed E-state index contributed by atoms with van der Waals surface area (Å²) in [5.41, 5.74) is 3.21. The van der Waals surface area contributed by atoms with Gasteiger partial charge in [0.15, 0.2) is 5.76 Å². The van der Waals surface area contributed by atoms with Crippen molar-refractivity contribution in [3.8, 4) is 0 Å². The van der Waals surface area contributed by atoms with E-state index in [1.54, 1.807) is 6.26 Å². The Bertz CT molecular complexity index is 713. The van der Waals surface area contributed by atoms with E-state index in [-0.39, 0.29) is 11.3 Å². The number of ether oxygens (including phenoxy) is 1. The smallest absolute Gasteiger partial charge is 0.294 e. The molecule has 1 saturated heterocycles. The Balaban J connectivity index is 1.76. The van der Waals surface area contributed by atoms with Gasteiger partial charge in [-0.1, -0.05) is 18.2 Å². The maximum atomic E-state index is 12.9. The number of amides is 1. The fourth-order valence-corrected chi connectivity index (χ4v) is 3.72. The lowest BCUT2D eigenvalue weighted by molar-refractivity contribution is 0.0546. The average molecular weight is 297 g/mol. The third-order valence-corrected chi connectivity index (χ3v) is 4.98.